The van der Waals surface area contributed by atoms with Gasteiger partial charge < -0.3 is 23.7 Å². The lowest BCUT2D eigenvalue weighted by atomic mass is 10.1. The summed E-state index contributed by atoms with van der Waals surface area (Å²) in [7, 11) is 1.29. The maximum atomic E-state index is 12.6. The number of nitrogens with zero attached hydrogens (tertiary/aromatic N) is 1. The molecule has 0 fully saturated rings. The smallest absolute Gasteiger partial charge is 0.491 e. The molecule has 1 aromatic heterocycles. The average molecular weight is 588 g/mol. The molecule has 0 amide bonds. The molecule has 4 aromatic rings. The summed E-state index contributed by atoms with van der Waals surface area (Å²) < 4.78 is 63.7. The van der Waals surface area contributed by atoms with Crippen LogP contribution in [0.25, 0.3) is 21.7 Å². The zero-order valence-corrected chi connectivity index (χ0v) is 23.6. The Morgan fingerprint density at radius 3 is 2.15 bits per heavy atom. The lowest BCUT2D eigenvalue weighted by Gasteiger charge is -2.11. The van der Waals surface area contributed by atoms with Gasteiger partial charge >= 0.3 is 12.3 Å². The molecule has 0 radical (unpaired) electrons. The Balaban J connectivity index is 1.57. The maximum absolute atomic E-state index is 12.6. The van der Waals surface area contributed by atoms with Gasteiger partial charge in [0.1, 0.15) is 34.6 Å². The van der Waals surface area contributed by atoms with Crippen molar-refractivity contribution in [3.8, 4) is 44.7 Å². The molecule has 0 spiro atoms. The van der Waals surface area contributed by atoms with E-state index >= 15 is 0 Å². The van der Waals surface area contributed by atoms with Crippen LogP contribution in [0.3, 0.4) is 0 Å². The molecule has 11 heteroatoms. The van der Waals surface area contributed by atoms with Gasteiger partial charge in [-0.1, -0.05) is 0 Å². The van der Waals surface area contributed by atoms with Crippen LogP contribution in [-0.4, -0.2) is 37.1 Å². The third-order valence-corrected chi connectivity index (χ3v) is 6.68. The molecule has 0 N–H and O–H groups in total. The van der Waals surface area contributed by atoms with Crippen molar-refractivity contribution in [3.05, 3.63) is 77.3 Å². The van der Waals surface area contributed by atoms with E-state index < -0.39 is 12.3 Å². The third kappa shape index (κ3) is 8.37. The Morgan fingerprint density at radius 1 is 0.902 bits per heavy atom. The molecule has 1 heterocycles. The van der Waals surface area contributed by atoms with Gasteiger partial charge in [-0.05, 0) is 98.6 Å². The number of benzene rings is 3. The predicted molar refractivity (Wildman–Crippen MR) is 148 cm³/mol. The van der Waals surface area contributed by atoms with Crippen molar-refractivity contribution in [2.75, 3.05) is 13.7 Å². The van der Waals surface area contributed by atoms with Gasteiger partial charge in [-0.25, -0.2) is 9.78 Å². The van der Waals surface area contributed by atoms with Gasteiger partial charge in [-0.3, -0.25) is 0 Å². The Labute approximate surface area is 239 Å². The number of hydrogen-bond donors (Lipinski definition) is 0. The maximum Gasteiger partial charge on any atom is 0.573 e. The quantitative estimate of drug-likeness (QED) is 0.167. The Kier molecular flexibility index (Phi) is 9.38. The van der Waals surface area contributed by atoms with Gasteiger partial charge in [0.05, 0.1) is 23.8 Å². The van der Waals surface area contributed by atoms with E-state index in [4.69, 9.17) is 19.2 Å². The second kappa shape index (κ2) is 12.9. The second-order valence-electron chi connectivity index (χ2n) is 9.13. The summed E-state index contributed by atoms with van der Waals surface area (Å²) >= 11 is 1.38. The Morgan fingerprint density at radius 2 is 1.54 bits per heavy atom. The number of alkyl halides is 3. The highest BCUT2D eigenvalue weighted by Gasteiger charge is 2.31. The van der Waals surface area contributed by atoms with Gasteiger partial charge in [0.2, 0.25) is 0 Å². The van der Waals surface area contributed by atoms with Crippen molar-refractivity contribution in [2.45, 2.75) is 39.8 Å². The van der Waals surface area contributed by atoms with Crippen molar-refractivity contribution < 1.29 is 41.7 Å². The van der Waals surface area contributed by atoms with Crippen molar-refractivity contribution in [3.63, 3.8) is 0 Å². The van der Waals surface area contributed by atoms with E-state index in [1.165, 1.54) is 30.6 Å². The Bertz CT molecular complexity index is 1470. The number of rotatable bonds is 11. The molecule has 4 rings (SSSR count). The molecule has 3 aromatic carbocycles. The molecular weight excluding hydrogens is 559 g/mol. The summed E-state index contributed by atoms with van der Waals surface area (Å²) in [6.07, 6.45) is -4.75. The average Bonchev–Trinajstić information content (AvgIpc) is 3.35. The summed E-state index contributed by atoms with van der Waals surface area (Å²) in [5, 5.41) is 0.664. The van der Waals surface area contributed by atoms with Crippen LogP contribution in [0.1, 0.15) is 24.4 Å². The number of halogens is 3. The fourth-order valence-corrected chi connectivity index (χ4v) is 4.81. The largest absolute Gasteiger partial charge is 0.573 e. The summed E-state index contributed by atoms with van der Waals surface area (Å²) in [5.74, 6) is 1.04. The number of ether oxygens (including phenoxy) is 5. The lowest BCUT2D eigenvalue weighted by Crippen LogP contribution is -2.16. The van der Waals surface area contributed by atoms with Crippen LogP contribution < -0.4 is 18.9 Å². The molecule has 0 aliphatic carbocycles. The first-order valence-electron chi connectivity index (χ1n) is 12.6. The van der Waals surface area contributed by atoms with Gasteiger partial charge in [0.25, 0.3) is 0 Å². The zero-order valence-electron chi connectivity index (χ0n) is 22.8. The summed E-state index contributed by atoms with van der Waals surface area (Å²) in [6, 6.07) is 18.4. The number of carbonyl (C=O) groups is 1. The fraction of sp³-hybridized carbons (Fsp3) is 0.267. The minimum Gasteiger partial charge on any atom is -0.491 e. The highest BCUT2D eigenvalue weighted by atomic mass is 32.1. The zero-order chi connectivity index (χ0) is 29.6. The topological polar surface area (TPSA) is 76.1 Å². The number of hydrogen-bond acceptors (Lipinski definition) is 8. The molecule has 7 nitrogen and oxygen atoms in total. The molecule has 41 heavy (non-hydrogen) atoms. The highest BCUT2D eigenvalue weighted by Crippen LogP contribution is 2.39. The van der Waals surface area contributed by atoms with Gasteiger partial charge in [-0.15, -0.1) is 24.5 Å². The molecule has 0 saturated carbocycles. The van der Waals surface area contributed by atoms with E-state index in [-0.39, 0.29) is 25.1 Å². The van der Waals surface area contributed by atoms with E-state index in [0.29, 0.717) is 33.5 Å². The number of thiazole rings is 1. The minimum atomic E-state index is -4.77. The standard InChI is InChI=1S/C30H28F3NO6S/c1-18(2)39-22-9-5-20(6-10-22)28-29(21-7-11-23(12-8-21)40-30(31,32)33)41-26(34-28)16-37-24-13-14-25(19(3)15-24)38-17-27(35)36-4/h5-15,18H,16-17H2,1-4H3. The molecule has 0 unspecified atom stereocenters. The Hall–Kier alpha value is -4.25. The van der Waals surface area contributed by atoms with E-state index in [1.54, 1.807) is 30.3 Å². The second-order valence-corrected chi connectivity index (χ2v) is 10.2. The monoisotopic (exact) mass is 587 g/mol. The summed E-state index contributed by atoms with van der Waals surface area (Å²) in [6.45, 7) is 5.67. The van der Waals surface area contributed by atoms with Crippen LogP contribution in [0.5, 0.6) is 23.0 Å². The minimum absolute atomic E-state index is 0.0222. The van der Waals surface area contributed by atoms with Crippen molar-refractivity contribution in [1.82, 2.24) is 4.98 Å². The number of aryl methyl sites for hydroxylation is 1. The highest BCUT2D eigenvalue weighted by molar-refractivity contribution is 7.15. The number of esters is 1. The van der Waals surface area contributed by atoms with Crippen LogP contribution >= 0.6 is 11.3 Å². The molecule has 216 valence electrons. The first-order chi connectivity index (χ1) is 19.5. The molecule has 0 atom stereocenters. The predicted octanol–water partition coefficient (Wildman–Crippen LogP) is 7.60. The van der Waals surface area contributed by atoms with Gasteiger partial charge in [0, 0.05) is 5.56 Å². The van der Waals surface area contributed by atoms with Crippen LogP contribution in [0.15, 0.2) is 66.7 Å². The molecule has 0 saturated heterocycles. The molecular formula is C30H28F3NO6S. The van der Waals surface area contributed by atoms with E-state index in [0.717, 1.165) is 16.0 Å². The van der Waals surface area contributed by atoms with Crippen molar-refractivity contribution in [1.29, 1.82) is 0 Å². The number of carbonyl (C=O) groups excluding carboxylic acids is 1. The molecule has 0 aliphatic heterocycles. The van der Waals surface area contributed by atoms with E-state index in [9.17, 15) is 18.0 Å². The first kappa shape index (κ1) is 29.7. The van der Waals surface area contributed by atoms with Crippen LogP contribution in [0.4, 0.5) is 13.2 Å². The normalized spacial score (nSPS) is 11.3. The summed E-state index contributed by atoms with van der Waals surface area (Å²) in [5.41, 5.74) is 2.94. The third-order valence-electron chi connectivity index (χ3n) is 5.60. The van der Waals surface area contributed by atoms with Gasteiger partial charge in [-0.2, -0.15) is 0 Å². The SMILES string of the molecule is COC(=O)COc1ccc(OCc2nc(-c3ccc(OC(C)C)cc3)c(-c3ccc(OC(F)(F)F)cc3)s2)cc1C. The summed E-state index contributed by atoms with van der Waals surface area (Å²) in [4.78, 5) is 16.9. The molecule has 0 bridgehead atoms. The van der Waals surface area contributed by atoms with Crippen molar-refractivity contribution in [2.24, 2.45) is 0 Å². The molecule has 0 aliphatic rings. The van der Waals surface area contributed by atoms with Gasteiger partial charge in [0.15, 0.2) is 6.61 Å². The van der Waals surface area contributed by atoms with Crippen LogP contribution in [-0.2, 0) is 16.1 Å². The number of aromatic nitrogens is 1. The lowest BCUT2D eigenvalue weighted by molar-refractivity contribution is -0.274. The van der Waals surface area contributed by atoms with Crippen molar-refractivity contribution >= 4 is 17.3 Å². The van der Waals surface area contributed by atoms with Crippen LogP contribution in [0.2, 0.25) is 0 Å². The van der Waals surface area contributed by atoms with E-state index in [1.807, 2.05) is 45.0 Å². The van der Waals surface area contributed by atoms with Crippen LogP contribution in [0, 0.1) is 6.92 Å². The van der Waals surface area contributed by atoms with E-state index in [2.05, 4.69) is 9.47 Å². The fourth-order valence-electron chi connectivity index (χ4n) is 3.80. The number of methoxy groups -OCH3 is 1. The first-order valence-corrected chi connectivity index (χ1v) is 13.4.